The number of nitrogens with zero attached hydrogens (tertiary/aromatic N) is 3. The maximum absolute atomic E-state index is 12.6. The van der Waals surface area contributed by atoms with E-state index in [1.807, 2.05) is 38.1 Å². The Bertz CT molecular complexity index is 1010. The Morgan fingerprint density at radius 2 is 1.64 bits per heavy atom. The first-order chi connectivity index (χ1) is 13.3. The Morgan fingerprint density at radius 3 is 2.25 bits per heavy atom. The van der Waals surface area contributed by atoms with Gasteiger partial charge in [0.25, 0.3) is 5.69 Å². The molecule has 7 heteroatoms. The molecule has 144 valence electrons. The molecule has 0 bridgehead atoms. The average molecular weight is 379 g/mol. The lowest BCUT2D eigenvalue weighted by molar-refractivity contribution is -0.384. The number of aryl methyl sites for hydroxylation is 2. The second kappa shape index (κ2) is 8.04. The number of aromatic nitrogens is 2. The van der Waals surface area contributed by atoms with Gasteiger partial charge in [0.15, 0.2) is 0 Å². The average Bonchev–Trinajstić information content (AvgIpc) is 2.95. The molecule has 0 amide bonds. The van der Waals surface area contributed by atoms with Crippen LogP contribution in [0.3, 0.4) is 0 Å². The number of carbonyl (C=O) groups excluding carboxylic acids is 1. The zero-order chi connectivity index (χ0) is 20.3. The minimum atomic E-state index is -0.467. The largest absolute Gasteiger partial charge is 0.457 e. The number of nitro benzene ring substituents is 1. The van der Waals surface area contributed by atoms with Gasteiger partial charge in [0.1, 0.15) is 12.2 Å². The second-order valence-corrected chi connectivity index (χ2v) is 6.69. The maximum Gasteiger partial charge on any atom is 0.342 e. The molecular formula is C21H21N3O4. The van der Waals surface area contributed by atoms with Crippen molar-refractivity contribution in [3.63, 3.8) is 0 Å². The van der Waals surface area contributed by atoms with Gasteiger partial charge in [0.2, 0.25) is 0 Å². The molecular weight excluding hydrogens is 358 g/mol. The highest BCUT2D eigenvalue weighted by molar-refractivity contribution is 5.91. The Labute approximate surface area is 162 Å². The topological polar surface area (TPSA) is 87.3 Å². The standard InChI is InChI=1S/C21H21N3O4/c1-14-4-6-17(7-5-14)12-23-16(3)20(15(2)22-23)21(25)28-13-18-8-10-19(11-9-18)24(26)27/h4-11H,12-13H2,1-3H3. The minimum absolute atomic E-state index is 0.000789. The summed E-state index contributed by atoms with van der Waals surface area (Å²) in [6.45, 7) is 6.27. The fourth-order valence-electron chi connectivity index (χ4n) is 2.95. The number of benzene rings is 2. The molecule has 0 aliphatic carbocycles. The zero-order valence-corrected chi connectivity index (χ0v) is 16.0. The van der Waals surface area contributed by atoms with Gasteiger partial charge in [0.05, 0.1) is 22.9 Å². The number of hydrogen-bond acceptors (Lipinski definition) is 5. The lowest BCUT2D eigenvalue weighted by Gasteiger charge is -2.07. The van der Waals surface area contributed by atoms with Crippen molar-refractivity contribution in [1.29, 1.82) is 0 Å². The number of non-ortho nitro benzene ring substituents is 1. The predicted octanol–water partition coefficient (Wildman–Crippen LogP) is 4.12. The third-order valence-corrected chi connectivity index (χ3v) is 4.56. The van der Waals surface area contributed by atoms with Crippen LogP contribution < -0.4 is 0 Å². The van der Waals surface area contributed by atoms with E-state index in [4.69, 9.17) is 4.74 Å². The summed E-state index contributed by atoms with van der Waals surface area (Å²) < 4.78 is 7.19. The van der Waals surface area contributed by atoms with E-state index in [0.29, 0.717) is 23.4 Å². The van der Waals surface area contributed by atoms with E-state index >= 15 is 0 Å². The summed E-state index contributed by atoms with van der Waals surface area (Å²) in [7, 11) is 0. The summed E-state index contributed by atoms with van der Waals surface area (Å²) in [6.07, 6.45) is 0. The number of rotatable bonds is 6. The third kappa shape index (κ3) is 4.25. The molecule has 3 rings (SSSR count). The summed E-state index contributed by atoms with van der Waals surface area (Å²) in [5, 5.41) is 15.2. The molecule has 3 aromatic rings. The van der Waals surface area contributed by atoms with Crippen LogP contribution >= 0.6 is 0 Å². The van der Waals surface area contributed by atoms with E-state index in [0.717, 1.165) is 11.3 Å². The van der Waals surface area contributed by atoms with Crippen molar-refractivity contribution in [2.24, 2.45) is 0 Å². The molecule has 7 nitrogen and oxygen atoms in total. The van der Waals surface area contributed by atoms with Crippen molar-refractivity contribution < 1.29 is 14.5 Å². The minimum Gasteiger partial charge on any atom is -0.457 e. The molecule has 1 aromatic heterocycles. The fraction of sp³-hybridized carbons (Fsp3) is 0.238. The normalized spacial score (nSPS) is 10.7. The van der Waals surface area contributed by atoms with E-state index in [9.17, 15) is 14.9 Å². The smallest absolute Gasteiger partial charge is 0.342 e. The highest BCUT2D eigenvalue weighted by Gasteiger charge is 2.20. The van der Waals surface area contributed by atoms with Gasteiger partial charge in [-0.3, -0.25) is 14.8 Å². The van der Waals surface area contributed by atoms with E-state index in [2.05, 4.69) is 5.10 Å². The number of ether oxygens (including phenoxy) is 1. The van der Waals surface area contributed by atoms with E-state index in [1.165, 1.54) is 17.7 Å². The first kappa shape index (κ1) is 19.3. The second-order valence-electron chi connectivity index (χ2n) is 6.69. The van der Waals surface area contributed by atoms with Gasteiger partial charge >= 0.3 is 5.97 Å². The van der Waals surface area contributed by atoms with Crippen LogP contribution in [0.25, 0.3) is 0 Å². The van der Waals surface area contributed by atoms with Gasteiger partial charge < -0.3 is 4.74 Å². The van der Waals surface area contributed by atoms with Crippen molar-refractivity contribution >= 4 is 11.7 Å². The van der Waals surface area contributed by atoms with E-state index < -0.39 is 10.9 Å². The van der Waals surface area contributed by atoms with Crippen LogP contribution in [0.15, 0.2) is 48.5 Å². The van der Waals surface area contributed by atoms with Crippen molar-refractivity contribution in [3.8, 4) is 0 Å². The van der Waals surface area contributed by atoms with Crippen LogP contribution in [0.2, 0.25) is 0 Å². The predicted molar refractivity (Wildman–Crippen MR) is 104 cm³/mol. The number of nitro groups is 1. The quantitative estimate of drug-likeness (QED) is 0.365. The van der Waals surface area contributed by atoms with Crippen LogP contribution in [-0.2, 0) is 17.9 Å². The van der Waals surface area contributed by atoms with Crippen LogP contribution in [0.1, 0.15) is 38.4 Å². The first-order valence-corrected chi connectivity index (χ1v) is 8.85. The van der Waals surface area contributed by atoms with Gasteiger partial charge in [-0.15, -0.1) is 0 Å². The van der Waals surface area contributed by atoms with E-state index in [-0.39, 0.29) is 12.3 Å². The maximum atomic E-state index is 12.6. The van der Waals surface area contributed by atoms with Crippen molar-refractivity contribution in [1.82, 2.24) is 9.78 Å². The fourth-order valence-corrected chi connectivity index (χ4v) is 2.95. The molecule has 1 heterocycles. The van der Waals surface area contributed by atoms with Gasteiger partial charge in [-0.1, -0.05) is 29.8 Å². The van der Waals surface area contributed by atoms with E-state index in [1.54, 1.807) is 23.7 Å². The summed E-state index contributed by atoms with van der Waals surface area (Å²) >= 11 is 0. The Balaban J connectivity index is 1.70. The summed E-state index contributed by atoms with van der Waals surface area (Å²) in [4.78, 5) is 22.8. The third-order valence-electron chi connectivity index (χ3n) is 4.56. The van der Waals surface area contributed by atoms with Crippen molar-refractivity contribution in [2.45, 2.75) is 33.9 Å². The van der Waals surface area contributed by atoms with Crippen molar-refractivity contribution in [2.75, 3.05) is 0 Å². The van der Waals surface area contributed by atoms with Crippen LogP contribution in [0.4, 0.5) is 5.69 Å². The summed E-state index contributed by atoms with van der Waals surface area (Å²) in [5.74, 6) is -0.455. The molecule has 0 aliphatic heterocycles. The molecule has 0 saturated carbocycles. The molecule has 0 unspecified atom stereocenters. The molecule has 0 N–H and O–H groups in total. The molecule has 2 aromatic carbocycles. The SMILES string of the molecule is Cc1ccc(Cn2nc(C)c(C(=O)OCc3ccc([N+](=O)[O-])cc3)c2C)cc1. The van der Waals surface area contributed by atoms with Crippen LogP contribution in [0.5, 0.6) is 0 Å². The monoisotopic (exact) mass is 379 g/mol. The number of esters is 1. The van der Waals surface area contributed by atoms with Crippen LogP contribution in [0, 0.1) is 30.9 Å². The first-order valence-electron chi connectivity index (χ1n) is 8.85. The Morgan fingerprint density at radius 1 is 1.04 bits per heavy atom. The molecule has 0 radical (unpaired) electrons. The van der Waals surface area contributed by atoms with Crippen molar-refractivity contribution in [3.05, 3.63) is 92.3 Å². The number of hydrogen-bond donors (Lipinski definition) is 0. The Kier molecular flexibility index (Phi) is 5.54. The molecule has 0 aliphatic rings. The zero-order valence-electron chi connectivity index (χ0n) is 16.0. The molecule has 0 spiro atoms. The molecule has 28 heavy (non-hydrogen) atoms. The molecule has 0 fully saturated rings. The van der Waals surface area contributed by atoms with Gasteiger partial charge in [-0.05, 0) is 44.0 Å². The van der Waals surface area contributed by atoms with Gasteiger partial charge in [0, 0.05) is 12.1 Å². The summed E-state index contributed by atoms with van der Waals surface area (Å²) in [5.41, 5.74) is 4.77. The lowest BCUT2D eigenvalue weighted by Crippen LogP contribution is -2.09. The lowest BCUT2D eigenvalue weighted by atomic mass is 10.1. The number of carbonyl (C=O) groups is 1. The Hall–Kier alpha value is -3.48. The molecule has 0 atom stereocenters. The molecule has 0 saturated heterocycles. The highest BCUT2D eigenvalue weighted by Crippen LogP contribution is 2.18. The highest BCUT2D eigenvalue weighted by atomic mass is 16.6. The summed E-state index contributed by atoms with van der Waals surface area (Å²) in [6, 6.07) is 14.1. The van der Waals surface area contributed by atoms with Gasteiger partial charge in [-0.25, -0.2) is 4.79 Å². The van der Waals surface area contributed by atoms with Gasteiger partial charge in [-0.2, -0.15) is 5.10 Å². The van der Waals surface area contributed by atoms with Crippen LogP contribution in [-0.4, -0.2) is 20.7 Å².